The van der Waals surface area contributed by atoms with Crippen LogP contribution in [0.1, 0.15) is 6.42 Å². The van der Waals surface area contributed by atoms with E-state index in [1.165, 1.54) is 0 Å². The van der Waals surface area contributed by atoms with Gasteiger partial charge in [-0.15, -0.1) is 0 Å². The lowest BCUT2D eigenvalue weighted by molar-refractivity contribution is -0.115. The van der Waals surface area contributed by atoms with Gasteiger partial charge in [-0.3, -0.25) is 4.79 Å². The highest BCUT2D eigenvalue weighted by molar-refractivity contribution is 9.10. The minimum absolute atomic E-state index is 0.0565. The van der Waals surface area contributed by atoms with E-state index in [-0.39, 0.29) is 5.91 Å². The van der Waals surface area contributed by atoms with Crippen molar-refractivity contribution in [3.05, 3.63) is 22.7 Å². The fourth-order valence-electron chi connectivity index (χ4n) is 1.04. The van der Waals surface area contributed by atoms with Crippen LogP contribution in [0.3, 0.4) is 0 Å². The Hall–Kier alpha value is -0.680. The van der Waals surface area contributed by atoms with Gasteiger partial charge in [0.15, 0.2) is 0 Å². The van der Waals surface area contributed by atoms with Crippen LogP contribution in [-0.2, 0) is 4.79 Å². The average Bonchev–Trinajstić information content (AvgIpc) is 2.21. The molecule has 0 atom stereocenters. The Bertz CT molecular complexity index is 357. The molecule has 0 aromatic heterocycles. The van der Waals surface area contributed by atoms with E-state index in [4.69, 9.17) is 4.74 Å². The Labute approximate surface area is 103 Å². The molecule has 0 bridgehead atoms. The summed E-state index contributed by atoms with van der Waals surface area (Å²) in [6, 6.07) is 5.41. The summed E-state index contributed by atoms with van der Waals surface area (Å²) in [7, 11) is 1.59. The molecule has 5 heteroatoms. The van der Waals surface area contributed by atoms with Gasteiger partial charge in [0, 0.05) is 17.0 Å². The zero-order valence-electron chi connectivity index (χ0n) is 8.29. The summed E-state index contributed by atoms with van der Waals surface area (Å²) in [5, 5.41) is 2.77. The highest BCUT2D eigenvalue weighted by Gasteiger charge is 2.05. The quantitative estimate of drug-likeness (QED) is 0.837. The first-order valence-electron chi connectivity index (χ1n) is 4.41. The molecule has 0 aliphatic heterocycles. The molecule has 1 aromatic rings. The van der Waals surface area contributed by atoms with Crippen molar-refractivity contribution in [1.29, 1.82) is 0 Å². The zero-order chi connectivity index (χ0) is 11.3. The second-order valence-corrected chi connectivity index (χ2v) is 4.17. The summed E-state index contributed by atoms with van der Waals surface area (Å²) in [5.41, 5.74) is 0.709. The molecule has 0 heterocycles. The maximum Gasteiger partial charge on any atom is 0.225 e. The van der Waals surface area contributed by atoms with E-state index in [0.29, 0.717) is 23.6 Å². The van der Waals surface area contributed by atoms with Crippen molar-refractivity contribution in [1.82, 2.24) is 0 Å². The molecule has 1 aromatic carbocycles. The minimum atomic E-state index is -0.0565. The SMILES string of the molecule is COc1ccc(Br)c(NC(=O)CCS)c1. The molecule has 0 saturated heterocycles. The lowest BCUT2D eigenvalue weighted by Gasteiger charge is -2.08. The van der Waals surface area contributed by atoms with Crippen LogP contribution >= 0.6 is 28.6 Å². The van der Waals surface area contributed by atoms with Crippen LogP contribution in [0, 0.1) is 0 Å². The Balaban J connectivity index is 2.79. The predicted molar refractivity (Wildman–Crippen MR) is 67.8 cm³/mol. The van der Waals surface area contributed by atoms with Gasteiger partial charge in [0.2, 0.25) is 5.91 Å². The molecule has 1 amide bonds. The summed E-state index contributed by atoms with van der Waals surface area (Å²) in [4.78, 5) is 11.3. The molecule has 1 N–H and O–H groups in total. The van der Waals surface area contributed by atoms with Crippen LogP contribution in [-0.4, -0.2) is 18.8 Å². The van der Waals surface area contributed by atoms with Crippen LogP contribution in [0.25, 0.3) is 0 Å². The highest BCUT2D eigenvalue weighted by Crippen LogP contribution is 2.27. The Morgan fingerprint density at radius 2 is 2.33 bits per heavy atom. The van der Waals surface area contributed by atoms with Crippen molar-refractivity contribution in [2.24, 2.45) is 0 Å². The molecular weight excluding hydrogens is 278 g/mol. The molecular formula is C10H12BrNO2S. The second kappa shape index (κ2) is 6.02. The van der Waals surface area contributed by atoms with E-state index in [1.807, 2.05) is 12.1 Å². The maximum absolute atomic E-state index is 11.3. The average molecular weight is 290 g/mol. The number of carbonyl (C=O) groups excluding carboxylic acids is 1. The second-order valence-electron chi connectivity index (χ2n) is 2.87. The number of methoxy groups -OCH3 is 1. The maximum atomic E-state index is 11.3. The van der Waals surface area contributed by atoms with Gasteiger partial charge in [-0.1, -0.05) is 0 Å². The zero-order valence-corrected chi connectivity index (χ0v) is 10.8. The summed E-state index contributed by atoms with van der Waals surface area (Å²) in [6.45, 7) is 0. The van der Waals surface area contributed by atoms with Crippen molar-refractivity contribution in [2.45, 2.75) is 6.42 Å². The van der Waals surface area contributed by atoms with Gasteiger partial charge in [0.1, 0.15) is 5.75 Å². The van der Waals surface area contributed by atoms with Gasteiger partial charge in [-0.25, -0.2) is 0 Å². The number of hydrogen-bond donors (Lipinski definition) is 2. The lowest BCUT2D eigenvalue weighted by Crippen LogP contribution is -2.12. The van der Waals surface area contributed by atoms with Crippen molar-refractivity contribution >= 4 is 40.2 Å². The molecule has 3 nitrogen and oxygen atoms in total. The van der Waals surface area contributed by atoms with E-state index >= 15 is 0 Å². The third kappa shape index (κ3) is 3.76. The number of halogens is 1. The van der Waals surface area contributed by atoms with Crippen molar-refractivity contribution in [3.8, 4) is 5.75 Å². The number of nitrogens with one attached hydrogen (secondary N) is 1. The van der Waals surface area contributed by atoms with E-state index in [9.17, 15) is 4.79 Å². The minimum Gasteiger partial charge on any atom is -0.497 e. The van der Waals surface area contributed by atoms with Crippen LogP contribution in [0.2, 0.25) is 0 Å². The Morgan fingerprint density at radius 3 is 2.93 bits per heavy atom. The number of benzene rings is 1. The van der Waals surface area contributed by atoms with Gasteiger partial charge in [-0.05, 0) is 33.8 Å². The summed E-state index contributed by atoms with van der Waals surface area (Å²) in [5.74, 6) is 1.19. The van der Waals surface area contributed by atoms with Gasteiger partial charge < -0.3 is 10.1 Å². The standard InChI is InChI=1S/C10H12BrNO2S/c1-14-7-2-3-8(11)9(6-7)12-10(13)4-5-15/h2-3,6,15H,4-5H2,1H3,(H,12,13). The van der Waals surface area contributed by atoms with Gasteiger partial charge in [0.25, 0.3) is 0 Å². The first-order chi connectivity index (χ1) is 7.17. The largest absolute Gasteiger partial charge is 0.497 e. The molecule has 0 saturated carbocycles. The van der Waals surface area contributed by atoms with Gasteiger partial charge in [0.05, 0.1) is 12.8 Å². The smallest absolute Gasteiger partial charge is 0.225 e. The van der Waals surface area contributed by atoms with E-state index in [2.05, 4.69) is 33.9 Å². The van der Waals surface area contributed by atoms with Crippen LogP contribution in [0.5, 0.6) is 5.75 Å². The number of hydrogen-bond acceptors (Lipinski definition) is 3. The Kier molecular flexibility index (Phi) is 4.98. The summed E-state index contributed by atoms with van der Waals surface area (Å²) < 4.78 is 5.89. The Morgan fingerprint density at radius 1 is 1.60 bits per heavy atom. The molecule has 0 fully saturated rings. The monoisotopic (exact) mass is 289 g/mol. The van der Waals surface area contributed by atoms with Crippen molar-refractivity contribution in [3.63, 3.8) is 0 Å². The fourth-order valence-corrected chi connectivity index (χ4v) is 1.59. The molecule has 82 valence electrons. The predicted octanol–water partition coefficient (Wildman–Crippen LogP) is 2.72. The van der Waals surface area contributed by atoms with E-state index in [1.54, 1.807) is 13.2 Å². The molecule has 0 aliphatic carbocycles. The topological polar surface area (TPSA) is 38.3 Å². The van der Waals surface area contributed by atoms with E-state index in [0.717, 1.165) is 4.47 Å². The summed E-state index contributed by atoms with van der Waals surface area (Å²) in [6.07, 6.45) is 0.396. The number of rotatable bonds is 4. The first-order valence-corrected chi connectivity index (χ1v) is 5.84. The third-order valence-corrected chi connectivity index (χ3v) is 2.70. The van der Waals surface area contributed by atoms with Gasteiger partial charge >= 0.3 is 0 Å². The first kappa shape index (κ1) is 12.4. The number of thiol groups is 1. The number of amides is 1. The highest BCUT2D eigenvalue weighted by atomic mass is 79.9. The molecule has 0 radical (unpaired) electrons. The normalized spacial score (nSPS) is 9.80. The molecule has 0 unspecified atom stereocenters. The lowest BCUT2D eigenvalue weighted by atomic mass is 10.3. The van der Waals surface area contributed by atoms with Crippen LogP contribution in [0.15, 0.2) is 22.7 Å². The molecule has 1 rings (SSSR count). The molecule has 0 aliphatic rings. The fraction of sp³-hybridized carbons (Fsp3) is 0.300. The number of anilines is 1. The van der Waals surface area contributed by atoms with Crippen LogP contribution < -0.4 is 10.1 Å². The molecule has 0 spiro atoms. The van der Waals surface area contributed by atoms with Crippen molar-refractivity contribution < 1.29 is 9.53 Å². The number of carbonyl (C=O) groups is 1. The third-order valence-electron chi connectivity index (χ3n) is 1.79. The summed E-state index contributed by atoms with van der Waals surface area (Å²) >= 11 is 7.34. The van der Waals surface area contributed by atoms with E-state index < -0.39 is 0 Å². The van der Waals surface area contributed by atoms with Crippen LogP contribution in [0.4, 0.5) is 5.69 Å². The van der Waals surface area contributed by atoms with Crippen molar-refractivity contribution in [2.75, 3.05) is 18.2 Å². The number of ether oxygens (including phenoxy) is 1. The molecule has 15 heavy (non-hydrogen) atoms. The van der Waals surface area contributed by atoms with Gasteiger partial charge in [-0.2, -0.15) is 12.6 Å².